The van der Waals surface area contributed by atoms with Crippen molar-refractivity contribution in [3.8, 4) is 0 Å². The number of anilines is 1. The minimum atomic E-state index is -0.163. The first kappa shape index (κ1) is 17.5. The number of hydrogen-bond acceptors (Lipinski definition) is 4. The van der Waals surface area contributed by atoms with Crippen LogP contribution in [0, 0.1) is 0 Å². The van der Waals surface area contributed by atoms with Gasteiger partial charge >= 0.3 is 0 Å². The SMILES string of the molecule is CC(=O)N(Cc1cccnc1)c1nc(C(C)(C)C)cn2c(Br)cnc12. The van der Waals surface area contributed by atoms with Gasteiger partial charge in [0.2, 0.25) is 5.91 Å². The number of fused-ring (bicyclic) bond motifs is 1. The zero-order chi connectivity index (χ0) is 18.2. The van der Waals surface area contributed by atoms with Crippen LogP contribution in [-0.2, 0) is 16.8 Å². The summed E-state index contributed by atoms with van der Waals surface area (Å²) in [5, 5.41) is 0. The van der Waals surface area contributed by atoms with Gasteiger partial charge < -0.3 is 0 Å². The number of pyridine rings is 1. The van der Waals surface area contributed by atoms with E-state index in [9.17, 15) is 4.79 Å². The minimum Gasteiger partial charge on any atom is -0.289 e. The summed E-state index contributed by atoms with van der Waals surface area (Å²) in [6.45, 7) is 8.21. The van der Waals surface area contributed by atoms with Gasteiger partial charge in [-0.05, 0) is 27.6 Å². The first-order valence-corrected chi connectivity index (χ1v) is 8.78. The maximum atomic E-state index is 12.4. The Balaban J connectivity index is 2.18. The van der Waals surface area contributed by atoms with Crippen LogP contribution in [0.2, 0.25) is 0 Å². The normalized spacial score (nSPS) is 11.7. The standard InChI is InChI=1S/C18H20BrN5O/c1-12(25)23(10-13-6-5-7-20-8-13)17-16-21-9-15(19)24(16)11-14(22-17)18(2,3)4/h5-9,11H,10H2,1-4H3. The Kier molecular flexibility index (Phi) is 4.60. The second-order valence-electron chi connectivity index (χ2n) is 6.94. The summed E-state index contributed by atoms with van der Waals surface area (Å²) in [5.41, 5.74) is 2.29. The van der Waals surface area contributed by atoms with Gasteiger partial charge in [-0.2, -0.15) is 0 Å². The van der Waals surface area contributed by atoms with Gasteiger partial charge in [0.15, 0.2) is 11.5 Å². The topological polar surface area (TPSA) is 63.4 Å². The van der Waals surface area contributed by atoms with E-state index in [0.717, 1.165) is 15.9 Å². The largest absolute Gasteiger partial charge is 0.289 e. The molecule has 6 nitrogen and oxygen atoms in total. The number of amides is 1. The molecule has 7 heteroatoms. The summed E-state index contributed by atoms with van der Waals surface area (Å²) in [7, 11) is 0. The van der Waals surface area contributed by atoms with Crippen LogP contribution in [0.3, 0.4) is 0 Å². The third kappa shape index (κ3) is 3.56. The molecule has 0 fully saturated rings. The molecule has 0 atom stereocenters. The molecule has 0 radical (unpaired) electrons. The van der Waals surface area contributed by atoms with E-state index in [0.29, 0.717) is 18.0 Å². The van der Waals surface area contributed by atoms with Gasteiger partial charge in [0.1, 0.15) is 4.60 Å². The van der Waals surface area contributed by atoms with Gasteiger partial charge in [-0.1, -0.05) is 26.8 Å². The molecule has 0 aromatic carbocycles. The van der Waals surface area contributed by atoms with Gasteiger partial charge in [0, 0.05) is 30.9 Å². The van der Waals surface area contributed by atoms with Crippen molar-refractivity contribution in [3.63, 3.8) is 0 Å². The van der Waals surface area contributed by atoms with Gasteiger partial charge in [0.05, 0.1) is 18.4 Å². The van der Waals surface area contributed by atoms with Gasteiger partial charge in [0.25, 0.3) is 0 Å². The Bertz CT molecular complexity index is 914. The fourth-order valence-electron chi connectivity index (χ4n) is 2.50. The van der Waals surface area contributed by atoms with E-state index in [-0.39, 0.29) is 11.3 Å². The highest BCUT2D eigenvalue weighted by molar-refractivity contribution is 9.10. The number of carbonyl (C=O) groups excluding carboxylic acids is 1. The highest BCUT2D eigenvalue weighted by atomic mass is 79.9. The average molecular weight is 402 g/mol. The molecular weight excluding hydrogens is 382 g/mol. The van der Waals surface area contributed by atoms with Gasteiger partial charge in [-0.15, -0.1) is 0 Å². The van der Waals surface area contributed by atoms with E-state index in [4.69, 9.17) is 4.98 Å². The summed E-state index contributed by atoms with van der Waals surface area (Å²) in [6.07, 6.45) is 7.14. The molecule has 0 spiro atoms. The van der Waals surface area contributed by atoms with Crippen LogP contribution >= 0.6 is 15.9 Å². The first-order valence-electron chi connectivity index (χ1n) is 7.98. The third-order valence-corrected chi connectivity index (χ3v) is 4.48. The molecule has 130 valence electrons. The van der Waals surface area contributed by atoms with E-state index < -0.39 is 0 Å². The zero-order valence-electron chi connectivity index (χ0n) is 14.7. The van der Waals surface area contributed by atoms with Crippen molar-refractivity contribution in [1.29, 1.82) is 0 Å². The van der Waals surface area contributed by atoms with Crippen molar-refractivity contribution < 1.29 is 4.79 Å². The predicted octanol–water partition coefficient (Wildman–Crippen LogP) is 3.74. The quantitative estimate of drug-likeness (QED) is 0.670. The van der Waals surface area contributed by atoms with Crippen LogP contribution in [0.15, 0.2) is 41.5 Å². The smallest absolute Gasteiger partial charge is 0.225 e. The van der Waals surface area contributed by atoms with Gasteiger partial charge in [-0.3, -0.25) is 19.1 Å². The predicted molar refractivity (Wildman–Crippen MR) is 100 cm³/mol. The minimum absolute atomic E-state index is 0.0940. The first-order chi connectivity index (χ1) is 11.8. The molecule has 0 aliphatic carbocycles. The Hall–Kier alpha value is -2.28. The Labute approximate surface area is 155 Å². The van der Waals surface area contributed by atoms with E-state index in [2.05, 4.69) is 46.7 Å². The average Bonchev–Trinajstić information content (AvgIpc) is 2.93. The summed E-state index contributed by atoms with van der Waals surface area (Å²) in [6, 6.07) is 3.80. The lowest BCUT2D eigenvalue weighted by Crippen LogP contribution is -2.30. The summed E-state index contributed by atoms with van der Waals surface area (Å²) in [4.78, 5) is 27.4. The van der Waals surface area contributed by atoms with Gasteiger partial charge in [-0.25, -0.2) is 9.97 Å². The number of rotatable bonds is 3. The lowest BCUT2D eigenvalue weighted by atomic mass is 9.92. The molecule has 0 saturated carbocycles. The van der Waals surface area contributed by atoms with Crippen molar-refractivity contribution in [3.05, 3.63) is 52.8 Å². The fourth-order valence-corrected chi connectivity index (χ4v) is 2.87. The highest BCUT2D eigenvalue weighted by Gasteiger charge is 2.24. The van der Waals surface area contributed by atoms with Crippen LogP contribution in [0.4, 0.5) is 5.82 Å². The number of halogens is 1. The van der Waals surface area contributed by atoms with E-state index >= 15 is 0 Å². The number of imidazole rings is 1. The zero-order valence-corrected chi connectivity index (χ0v) is 16.3. The molecule has 0 unspecified atom stereocenters. The molecule has 3 aromatic rings. The number of carbonyl (C=O) groups is 1. The van der Waals surface area contributed by atoms with Crippen LogP contribution in [-0.4, -0.2) is 25.3 Å². The Morgan fingerprint density at radius 1 is 1.32 bits per heavy atom. The maximum Gasteiger partial charge on any atom is 0.225 e. The molecule has 3 rings (SSSR count). The van der Waals surface area contributed by atoms with E-state index in [1.165, 1.54) is 6.92 Å². The second kappa shape index (κ2) is 6.55. The summed E-state index contributed by atoms with van der Waals surface area (Å²) in [5.74, 6) is 0.456. The third-order valence-electron chi connectivity index (χ3n) is 3.90. The Morgan fingerprint density at radius 2 is 2.08 bits per heavy atom. The van der Waals surface area contributed by atoms with Crippen LogP contribution in [0.1, 0.15) is 39.0 Å². The van der Waals surface area contributed by atoms with Crippen molar-refractivity contribution >= 4 is 33.3 Å². The summed E-state index contributed by atoms with van der Waals surface area (Å²) < 4.78 is 2.74. The molecule has 0 aliphatic heterocycles. The van der Waals surface area contributed by atoms with Crippen molar-refractivity contribution in [2.24, 2.45) is 0 Å². The van der Waals surface area contributed by atoms with E-state index in [1.54, 1.807) is 23.5 Å². The second-order valence-corrected chi connectivity index (χ2v) is 7.75. The lowest BCUT2D eigenvalue weighted by molar-refractivity contribution is -0.116. The monoisotopic (exact) mass is 401 g/mol. The van der Waals surface area contributed by atoms with Crippen LogP contribution < -0.4 is 4.90 Å². The molecule has 25 heavy (non-hydrogen) atoms. The molecule has 0 saturated heterocycles. The molecule has 3 heterocycles. The Morgan fingerprint density at radius 3 is 2.68 bits per heavy atom. The van der Waals surface area contributed by atoms with Crippen molar-refractivity contribution in [2.45, 2.75) is 39.7 Å². The van der Waals surface area contributed by atoms with Crippen molar-refractivity contribution in [1.82, 2.24) is 19.4 Å². The van der Waals surface area contributed by atoms with E-state index in [1.807, 2.05) is 22.7 Å². The molecule has 0 bridgehead atoms. The molecule has 3 aromatic heterocycles. The number of nitrogens with zero attached hydrogens (tertiary/aromatic N) is 5. The fraction of sp³-hybridized carbons (Fsp3) is 0.333. The lowest BCUT2D eigenvalue weighted by Gasteiger charge is -2.24. The highest BCUT2D eigenvalue weighted by Crippen LogP contribution is 2.29. The molecule has 0 aliphatic rings. The summed E-state index contributed by atoms with van der Waals surface area (Å²) >= 11 is 3.51. The van der Waals surface area contributed by atoms with Crippen LogP contribution in [0.25, 0.3) is 5.65 Å². The van der Waals surface area contributed by atoms with Crippen LogP contribution in [0.5, 0.6) is 0 Å². The molecule has 0 N–H and O–H groups in total. The maximum absolute atomic E-state index is 12.4. The van der Waals surface area contributed by atoms with Crippen molar-refractivity contribution in [2.75, 3.05) is 4.90 Å². The molecule has 1 amide bonds. The molecular formula is C18H20BrN5O. The number of hydrogen-bond donors (Lipinski definition) is 0. The number of aromatic nitrogens is 4.